The van der Waals surface area contributed by atoms with Gasteiger partial charge in [0.1, 0.15) is 5.15 Å². The van der Waals surface area contributed by atoms with E-state index < -0.39 is 0 Å². The monoisotopic (exact) mass is 303 g/mol. The molecule has 2 heterocycles. The summed E-state index contributed by atoms with van der Waals surface area (Å²) >= 11 is 18.0. The van der Waals surface area contributed by atoms with Crippen molar-refractivity contribution in [3.05, 3.63) is 38.7 Å². The number of nitrogens with zero attached hydrogens (tertiary/aromatic N) is 3. The third-order valence-corrected chi connectivity index (χ3v) is 3.58. The molecule has 0 spiro atoms. The van der Waals surface area contributed by atoms with Gasteiger partial charge in [-0.15, -0.1) is 0 Å². The molecule has 2 aromatic rings. The minimum atomic E-state index is 0.228. The highest BCUT2D eigenvalue weighted by Crippen LogP contribution is 2.28. The maximum atomic E-state index is 6.15. The number of rotatable bonds is 3. The van der Waals surface area contributed by atoms with E-state index in [9.17, 15) is 0 Å². The second kappa shape index (κ2) is 5.47. The molecule has 0 saturated heterocycles. The Morgan fingerprint density at radius 1 is 1.06 bits per heavy atom. The molecule has 3 nitrogen and oxygen atoms in total. The lowest BCUT2D eigenvalue weighted by Crippen LogP contribution is -2.05. The van der Waals surface area contributed by atoms with Crippen molar-refractivity contribution in [1.29, 1.82) is 0 Å². The van der Waals surface area contributed by atoms with Crippen LogP contribution in [0.3, 0.4) is 0 Å². The summed E-state index contributed by atoms with van der Waals surface area (Å²) in [6, 6.07) is 3.63. The molecule has 18 heavy (non-hydrogen) atoms. The first-order chi connectivity index (χ1) is 8.56. The van der Waals surface area contributed by atoms with E-state index in [-0.39, 0.29) is 5.15 Å². The number of aryl methyl sites for hydroxylation is 2. The molecule has 0 radical (unpaired) electrons. The molecule has 0 aliphatic rings. The third-order valence-electron chi connectivity index (χ3n) is 2.63. The van der Waals surface area contributed by atoms with Gasteiger partial charge in [0.25, 0.3) is 0 Å². The van der Waals surface area contributed by atoms with Gasteiger partial charge in [0.05, 0.1) is 15.7 Å². The summed E-state index contributed by atoms with van der Waals surface area (Å²) < 4.78 is 1.73. The van der Waals surface area contributed by atoms with E-state index in [1.165, 1.54) is 0 Å². The zero-order valence-electron chi connectivity index (χ0n) is 10.0. The van der Waals surface area contributed by atoms with Gasteiger partial charge >= 0.3 is 0 Å². The maximum Gasteiger partial charge on any atom is 0.174 e. The average Bonchev–Trinajstić information content (AvgIpc) is 2.77. The van der Waals surface area contributed by atoms with Crippen LogP contribution in [0.15, 0.2) is 12.1 Å². The van der Waals surface area contributed by atoms with Crippen LogP contribution < -0.4 is 0 Å². The van der Waals surface area contributed by atoms with Crippen LogP contribution in [0.2, 0.25) is 15.2 Å². The Balaban J connectivity index is 2.60. The molecule has 0 N–H and O–H groups in total. The lowest BCUT2D eigenvalue weighted by molar-refractivity contribution is 0.773. The van der Waals surface area contributed by atoms with E-state index >= 15 is 0 Å². The Kier molecular flexibility index (Phi) is 4.15. The first-order valence-corrected chi connectivity index (χ1v) is 6.79. The molecular formula is C12H12Cl3N3. The van der Waals surface area contributed by atoms with E-state index in [1.807, 2.05) is 6.07 Å². The highest BCUT2D eigenvalue weighted by Gasteiger charge is 2.14. The first kappa shape index (κ1) is 13.7. The van der Waals surface area contributed by atoms with Gasteiger partial charge in [0.15, 0.2) is 5.82 Å². The number of pyridine rings is 1. The van der Waals surface area contributed by atoms with E-state index in [0.717, 1.165) is 24.2 Å². The Hall–Kier alpha value is -0.770. The Morgan fingerprint density at radius 2 is 1.78 bits per heavy atom. The van der Waals surface area contributed by atoms with Crippen molar-refractivity contribution in [2.75, 3.05) is 0 Å². The summed E-state index contributed by atoms with van der Waals surface area (Å²) in [5.41, 5.74) is 2.04. The predicted molar refractivity (Wildman–Crippen MR) is 75.1 cm³/mol. The van der Waals surface area contributed by atoms with Crippen LogP contribution >= 0.6 is 34.8 Å². The Labute approximate surface area is 121 Å². The minimum absolute atomic E-state index is 0.228. The van der Waals surface area contributed by atoms with Crippen LogP contribution in [-0.4, -0.2) is 14.8 Å². The molecule has 0 bridgehead atoms. The lowest BCUT2D eigenvalue weighted by atomic mass is 10.2. The van der Waals surface area contributed by atoms with Crippen molar-refractivity contribution >= 4 is 34.8 Å². The van der Waals surface area contributed by atoms with Gasteiger partial charge in [-0.25, -0.2) is 9.67 Å². The van der Waals surface area contributed by atoms with Crippen molar-refractivity contribution < 1.29 is 0 Å². The van der Waals surface area contributed by atoms with Gasteiger partial charge in [0.2, 0.25) is 0 Å². The minimum Gasteiger partial charge on any atom is -0.218 e. The van der Waals surface area contributed by atoms with Gasteiger partial charge in [-0.1, -0.05) is 48.7 Å². The standard InChI is InChI=1S/C12H12Cl3N3/c1-3-7-5-8(4-2)18(17-7)12-10(14)6-9(13)11(15)16-12/h5-6H,3-4H2,1-2H3. The van der Waals surface area contributed by atoms with Gasteiger partial charge in [-0.05, 0) is 25.0 Å². The molecule has 2 rings (SSSR count). The summed E-state index contributed by atoms with van der Waals surface area (Å²) in [5, 5.41) is 5.47. The molecule has 0 fully saturated rings. The average molecular weight is 305 g/mol. The van der Waals surface area contributed by atoms with Crippen LogP contribution in [0.1, 0.15) is 25.2 Å². The molecule has 96 valence electrons. The number of aromatic nitrogens is 3. The molecule has 6 heteroatoms. The lowest BCUT2D eigenvalue weighted by Gasteiger charge is -2.08. The fourth-order valence-electron chi connectivity index (χ4n) is 1.67. The Bertz CT molecular complexity index is 578. The molecule has 0 atom stereocenters. The van der Waals surface area contributed by atoms with Crippen molar-refractivity contribution in [3.63, 3.8) is 0 Å². The molecule has 0 aliphatic carbocycles. The van der Waals surface area contributed by atoms with Gasteiger partial charge in [-0.2, -0.15) is 5.10 Å². The van der Waals surface area contributed by atoms with Crippen molar-refractivity contribution in [2.24, 2.45) is 0 Å². The number of hydrogen-bond donors (Lipinski definition) is 0. The van der Waals surface area contributed by atoms with Crippen LogP contribution in [0, 0.1) is 0 Å². The number of halogens is 3. The molecule has 0 saturated carbocycles. The summed E-state index contributed by atoms with van der Waals surface area (Å²) in [4.78, 5) is 4.20. The largest absolute Gasteiger partial charge is 0.218 e. The van der Waals surface area contributed by atoms with Crippen molar-refractivity contribution in [3.8, 4) is 5.82 Å². The normalized spacial score (nSPS) is 10.9. The van der Waals surface area contributed by atoms with Crippen LogP contribution in [0.25, 0.3) is 5.82 Å². The van der Waals surface area contributed by atoms with E-state index in [2.05, 4.69) is 23.9 Å². The van der Waals surface area contributed by atoms with Gasteiger partial charge < -0.3 is 0 Å². The maximum absolute atomic E-state index is 6.15. The highest BCUT2D eigenvalue weighted by molar-refractivity contribution is 6.42. The molecule has 0 unspecified atom stereocenters. The van der Waals surface area contributed by atoms with Gasteiger partial charge in [-0.3, -0.25) is 0 Å². The van der Waals surface area contributed by atoms with Crippen molar-refractivity contribution in [1.82, 2.24) is 14.8 Å². The zero-order valence-corrected chi connectivity index (χ0v) is 12.3. The summed E-state index contributed by atoms with van der Waals surface area (Å²) in [6.45, 7) is 4.11. The fraction of sp³-hybridized carbons (Fsp3) is 0.333. The Morgan fingerprint density at radius 3 is 2.39 bits per heavy atom. The third kappa shape index (κ3) is 2.48. The van der Waals surface area contributed by atoms with Gasteiger partial charge in [0, 0.05) is 5.69 Å². The molecule has 2 aromatic heterocycles. The second-order valence-corrected chi connectivity index (χ2v) is 4.98. The highest BCUT2D eigenvalue weighted by atomic mass is 35.5. The topological polar surface area (TPSA) is 30.7 Å². The van der Waals surface area contributed by atoms with Crippen LogP contribution in [-0.2, 0) is 12.8 Å². The summed E-state index contributed by atoms with van der Waals surface area (Å²) in [6.07, 6.45) is 1.70. The van der Waals surface area contributed by atoms with Crippen molar-refractivity contribution in [2.45, 2.75) is 26.7 Å². The summed E-state index contributed by atoms with van der Waals surface area (Å²) in [5.74, 6) is 0.516. The second-order valence-electron chi connectivity index (χ2n) is 3.81. The first-order valence-electron chi connectivity index (χ1n) is 5.66. The molecule has 0 aliphatic heterocycles. The summed E-state index contributed by atoms with van der Waals surface area (Å²) in [7, 11) is 0. The molecular weight excluding hydrogens is 293 g/mol. The van der Waals surface area contributed by atoms with E-state index in [1.54, 1.807) is 10.7 Å². The number of hydrogen-bond acceptors (Lipinski definition) is 2. The smallest absolute Gasteiger partial charge is 0.174 e. The SMILES string of the molecule is CCc1cc(CC)n(-c2nc(Cl)c(Cl)cc2Cl)n1. The quantitative estimate of drug-likeness (QED) is 0.789. The van der Waals surface area contributed by atoms with E-state index in [4.69, 9.17) is 34.8 Å². The molecule has 0 aromatic carbocycles. The predicted octanol–water partition coefficient (Wildman–Crippen LogP) is 4.35. The van der Waals surface area contributed by atoms with E-state index in [0.29, 0.717) is 15.9 Å². The van der Waals surface area contributed by atoms with Crippen LogP contribution in [0.4, 0.5) is 0 Å². The fourth-order valence-corrected chi connectivity index (χ4v) is 2.24. The molecule has 0 amide bonds. The van der Waals surface area contributed by atoms with Crippen LogP contribution in [0.5, 0.6) is 0 Å². The zero-order chi connectivity index (χ0) is 13.3.